The molecule has 2 aliphatic rings. The number of fused-ring (bicyclic) bond motifs is 1. The average molecular weight is 478 g/mol. The van der Waals surface area contributed by atoms with Crippen molar-refractivity contribution in [3.8, 4) is 0 Å². The van der Waals surface area contributed by atoms with Gasteiger partial charge in [-0.25, -0.2) is 0 Å². The summed E-state index contributed by atoms with van der Waals surface area (Å²) in [5.74, 6) is -0.732. The number of carboxylic acids is 1. The van der Waals surface area contributed by atoms with Crippen LogP contribution in [-0.4, -0.2) is 54.5 Å². The molecule has 2 unspecified atom stereocenters. The van der Waals surface area contributed by atoms with E-state index in [0.717, 1.165) is 42.7 Å². The van der Waals surface area contributed by atoms with E-state index in [1.165, 1.54) is 5.56 Å². The number of anilines is 1. The standard InChI is InChI=1S/C28H35N3O4/c1-28(2,3)26-22(16-25(32)33)9-8-20-10-11-23(17-24(20)26)30-27(34)21-6-4-19(5-7-21)18-29-31-12-14-35-15-13-31/h4-7,10-11,17-18,22,26H,8-9,12-16H2,1-3H3,(H,30,34)(H,32,33). The van der Waals surface area contributed by atoms with Gasteiger partial charge in [-0.15, -0.1) is 0 Å². The fourth-order valence-corrected chi connectivity index (χ4v) is 5.31. The minimum atomic E-state index is -0.754. The molecule has 1 heterocycles. The van der Waals surface area contributed by atoms with Gasteiger partial charge in [-0.1, -0.05) is 39.0 Å². The fraction of sp³-hybridized carbons (Fsp3) is 0.464. The monoisotopic (exact) mass is 477 g/mol. The predicted octanol–water partition coefficient (Wildman–Crippen LogP) is 4.77. The van der Waals surface area contributed by atoms with E-state index in [0.29, 0.717) is 18.8 Å². The number of nitrogens with zero attached hydrogens (tertiary/aromatic N) is 2. The number of carbonyl (C=O) groups excluding carboxylic acids is 1. The zero-order chi connectivity index (χ0) is 25.0. The summed E-state index contributed by atoms with van der Waals surface area (Å²) in [6.45, 7) is 9.44. The van der Waals surface area contributed by atoms with Gasteiger partial charge in [-0.2, -0.15) is 5.10 Å². The normalized spacial score (nSPS) is 20.5. The number of carboxylic acid groups (broad SMARTS) is 1. The Morgan fingerprint density at radius 2 is 1.86 bits per heavy atom. The fourth-order valence-electron chi connectivity index (χ4n) is 5.31. The molecule has 2 aromatic carbocycles. The maximum atomic E-state index is 12.9. The minimum absolute atomic E-state index is 0.0811. The van der Waals surface area contributed by atoms with Gasteiger partial charge in [0, 0.05) is 17.7 Å². The Labute approximate surface area is 207 Å². The van der Waals surface area contributed by atoms with Crippen LogP contribution in [0.5, 0.6) is 0 Å². The summed E-state index contributed by atoms with van der Waals surface area (Å²) in [6, 6.07) is 13.4. The quantitative estimate of drug-likeness (QED) is 0.585. The number of nitrogens with one attached hydrogen (secondary N) is 1. The average Bonchev–Trinajstić information content (AvgIpc) is 2.82. The largest absolute Gasteiger partial charge is 0.481 e. The molecule has 0 spiro atoms. The summed E-state index contributed by atoms with van der Waals surface area (Å²) in [5.41, 5.74) is 4.55. The zero-order valence-corrected chi connectivity index (χ0v) is 20.8. The van der Waals surface area contributed by atoms with Gasteiger partial charge in [0.05, 0.1) is 32.5 Å². The van der Waals surface area contributed by atoms with Crippen molar-refractivity contribution >= 4 is 23.8 Å². The number of hydrazone groups is 1. The smallest absolute Gasteiger partial charge is 0.303 e. The van der Waals surface area contributed by atoms with Crippen molar-refractivity contribution in [2.75, 3.05) is 31.6 Å². The molecule has 1 amide bonds. The van der Waals surface area contributed by atoms with Gasteiger partial charge in [-0.05, 0) is 71.0 Å². The number of aryl methyl sites for hydroxylation is 1. The lowest BCUT2D eigenvalue weighted by Crippen LogP contribution is -2.32. The summed E-state index contributed by atoms with van der Waals surface area (Å²) in [7, 11) is 0. The Balaban J connectivity index is 1.47. The van der Waals surface area contributed by atoms with Crippen LogP contribution in [0.25, 0.3) is 0 Å². The van der Waals surface area contributed by atoms with Gasteiger partial charge in [0.25, 0.3) is 5.91 Å². The van der Waals surface area contributed by atoms with E-state index in [9.17, 15) is 14.7 Å². The van der Waals surface area contributed by atoms with Crippen LogP contribution in [0.15, 0.2) is 47.6 Å². The first-order chi connectivity index (χ1) is 16.7. The molecule has 0 radical (unpaired) electrons. The number of rotatable bonds is 6. The second kappa shape index (κ2) is 10.6. The van der Waals surface area contributed by atoms with Gasteiger partial charge in [0.15, 0.2) is 0 Å². The van der Waals surface area contributed by atoms with Crippen molar-refractivity contribution in [2.24, 2.45) is 16.4 Å². The summed E-state index contributed by atoms with van der Waals surface area (Å²) in [5, 5.41) is 18.9. The lowest BCUT2D eigenvalue weighted by atomic mass is 9.63. The zero-order valence-electron chi connectivity index (χ0n) is 20.8. The summed E-state index contributed by atoms with van der Waals surface area (Å²) in [6.07, 6.45) is 3.70. The third kappa shape index (κ3) is 6.28. The SMILES string of the molecule is CC(C)(C)C1c2cc(NC(=O)c3ccc(C=NN4CCOCC4)cc3)ccc2CCC1CC(=O)O. The highest BCUT2D eigenvalue weighted by Crippen LogP contribution is 2.48. The molecule has 1 saturated heterocycles. The van der Waals surface area contributed by atoms with E-state index in [4.69, 9.17) is 4.74 Å². The van der Waals surface area contributed by atoms with E-state index in [1.807, 2.05) is 29.3 Å². The van der Waals surface area contributed by atoms with Crippen LogP contribution < -0.4 is 5.32 Å². The molecule has 0 bridgehead atoms. The van der Waals surface area contributed by atoms with Gasteiger partial charge < -0.3 is 15.2 Å². The van der Waals surface area contributed by atoms with Crippen molar-refractivity contribution in [1.82, 2.24) is 5.01 Å². The van der Waals surface area contributed by atoms with Gasteiger partial charge in [0.2, 0.25) is 0 Å². The van der Waals surface area contributed by atoms with Crippen LogP contribution in [0.1, 0.15) is 66.6 Å². The first kappa shape index (κ1) is 24.9. The molecule has 2 aromatic rings. The van der Waals surface area contributed by atoms with Crippen molar-refractivity contribution in [2.45, 2.75) is 46.0 Å². The lowest BCUT2D eigenvalue weighted by Gasteiger charge is -2.41. The van der Waals surface area contributed by atoms with E-state index in [2.05, 4.69) is 37.3 Å². The molecule has 1 aliphatic carbocycles. The van der Waals surface area contributed by atoms with Gasteiger partial charge in [0.1, 0.15) is 0 Å². The molecule has 7 nitrogen and oxygen atoms in total. The van der Waals surface area contributed by atoms with E-state index < -0.39 is 5.97 Å². The first-order valence-corrected chi connectivity index (χ1v) is 12.3. The van der Waals surface area contributed by atoms with Crippen molar-refractivity contribution in [1.29, 1.82) is 0 Å². The van der Waals surface area contributed by atoms with Crippen LogP contribution in [0.4, 0.5) is 5.69 Å². The molecular weight excluding hydrogens is 442 g/mol. The van der Waals surface area contributed by atoms with Crippen molar-refractivity contribution < 1.29 is 19.4 Å². The third-order valence-corrected chi connectivity index (χ3v) is 6.89. The predicted molar refractivity (Wildman–Crippen MR) is 137 cm³/mol. The molecule has 0 saturated carbocycles. The van der Waals surface area contributed by atoms with Gasteiger partial charge >= 0.3 is 5.97 Å². The van der Waals surface area contributed by atoms with Gasteiger partial charge in [-0.3, -0.25) is 14.6 Å². The number of amides is 1. The first-order valence-electron chi connectivity index (χ1n) is 12.3. The van der Waals surface area contributed by atoms with Crippen LogP contribution in [-0.2, 0) is 16.0 Å². The Morgan fingerprint density at radius 1 is 1.14 bits per heavy atom. The molecule has 35 heavy (non-hydrogen) atoms. The van der Waals surface area contributed by atoms with E-state index in [1.54, 1.807) is 18.3 Å². The highest BCUT2D eigenvalue weighted by molar-refractivity contribution is 6.04. The molecular formula is C28H35N3O4. The molecule has 1 aliphatic heterocycles. The highest BCUT2D eigenvalue weighted by Gasteiger charge is 2.38. The minimum Gasteiger partial charge on any atom is -0.481 e. The van der Waals surface area contributed by atoms with Crippen molar-refractivity contribution in [3.05, 3.63) is 64.7 Å². The molecule has 186 valence electrons. The Bertz CT molecular complexity index is 1080. The maximum absolute atomic E-state index is 12.9. The van der Waals surface area contributed by atoms with Crippen LogP contribution in [0, 0.1) is 11.3 Å². The summed E-state index contributed by atoms with van der Waals surface area (Å²) in [4.78, 5) is 24.4. The molecule has 1 fully saturated rings. The van der Waals surface area contributed by atoms with Crippen LogP contribution in [0.2, 0.25) is 0 Å². The molecule has 4 rings (SSSR count). The second-order valence-corrected chi connectivity index (χ2v) is 10.5. The van der Waals surface area contributed by atoms with Crippen LogP contribution >= 0.6 is 0 Å². The van der Waals surface area contributed by atoms with E-state index >= 15 is 0 Å². The number of hydrogen-bond donors (Lipinski definition) is 2. The lowest BCUT2D eigenvalue weighted by molar-refractivity contribution is -0.138. The Hall–Kier alpha value is -3.19. The molecule has 2 N–H and O–H groups in total. The maximum Gasteiger partial charge on any atom is 0.303 e. The van der Waals surface area contributed by atoms with Crippen molar-refractivity contribution in [3.63, 3.8) is 0 Å². The topological polar surface area (TPSA) is 91.2 Å². The van der Waals surface area contributed by atoms with E-state index in [-0.39, 0.29) is 29.6 Å². The summed E-state index contributed by atoms with van der Waals surface area (Å²) < 4.78 is 5.33. The summed E-state index contributed by atoms with van der Waals surface area (Å²) >= 11 is 0. The Kier molecular flexibility index (Phi) is 7.55. The molecule has 7 heteroatoms. The highest BCUT2D eigenvalue weighted by atomic mass is 16.5. The third-order valence-electron chi connectivity index (χ3n) is 6.89. The number of hydrogen-bond acceptors (Lipinski definition) is 5. The molecule has 0 aromatic heterocycles. The number of morpholine rings is 1. The van der Waals surface area contributed by atoms with Crippen LogP contribution in [0.3, 0.4) is 0 Å². The number of carbonyl (C=O) groups is 2. The number of benzene rings is 2. The Morgan fingerprint density at radius 3 is 2.51 bits per heavy atom. The number of aliphatic carboxylic acids is 1. The molecule has 2 atom stereocenters. The second-order valence-electron chi connectivity index (χ2n) is 10.5. The number of ether oxygens (including phenoxy) is 1.